The second-order valence-electron chi connectivity index (χ2n) is 5.85. The maximum Gasteiger partial charge on any atom is 0.416 e. The fourth-order valence-electron chi connectivity index (χ4n) is 2.38. The zero-order valence-corrected chi connectivity index (χ0v) is 17.5. The normalized spacial score (nSPS) is 11.5. The smallest absolute Gasteiger partial charge is 0.416 e. The first kappa shape index (κ1) is 23.4. The van der Waals surface area contributed by atoms with Crippen LogP contribution >= 0.6 is 22.6 Å². The molecule has 0 unspecified atom stereocenters. The second kappa shape index (κ2) is 9.73. The average Bonchev–Trinajstić information content (AvgIpc) is 2.65. The number of phenolic OH excluding ortho intramolecular Hbond substituents is 1. The maximum absolute atomic E-state index is 12.7. The predicted octanol–water partition coefficient (Wildman–Crippen LogP) is 4.02. The third kappa shape index (κ3) is 6.05. The molecule has 12 heteroatoms. The molecule has 30 heavy (non-hydrogen) atoms. The summed E-state index contributed by atoms with van der Waals surface area (Å²) in [5.74, 6) is -0.557. The first-order valence-corrected chi connectivity index (χ1v) is 9.42. The number of carbonyl (C=O) groups is 1. The average molecular weight is 537 g/mol. The van der Waals surface area contributed by atoms with Gasteiger partial charge in [-0.3, -0.25) is 14.9 Å². The van der Waals surface area contributed by atoms with Gasteiger partial charge >= 0.3 is 6.18 Å². The summed E-state index contributed by atoms with van der Waals surface area (Å²) >= 11 is 1.89. The zero-order valence-electron chi connectivity index (χ0n) is 15.4. The highest BCUT2D eigenvalue weighted by Gasteiger charge is 2.33. The molecule has 0 aromatic heterocycles. The number of phenols is 1. The summed E-state index contributed by atoms with van der Waals surface area (Å²) in [6, 6.07) is 5.03. The third-order valence-corrected chi connectivity index (χ3v) is 4.54. The lowest BCUT2D eigenvalue weighted by molar-refractivity contribution is -0.385. The van der Waals surface area contributed by atoms with Crippen LogP contribution in [0.25, 0.3) is 0 Å². The minimum atomic E-state index is -4.74. The van der Waals surface area contributed by atoms with Crippen molar-refractivity contribution in [1.82, 2.24) is 5.43 Å². The summed E-state index contributed by atoms with van der Waals surface area (Å²) in [4.78, 5) is 22.1. The van der Waals surface area contributed by atoms with Crippen molar-refractivity contribution in [3.63, 3.8) is 0 Å². The molecule has 0 aliphatic heterocycles. The Bertz CT molecular complexity index is 996. The van der Waals surface area contributed by atoms with Crippen LogP contribution in [-0.4, -0.2) is 28.8 Å². The molecule has 8 nitrogen and oxygen atoms in total. The number of aromatic hydroxyl groups is 1. The van der Waals surface area contributed by atoms with Gasteiger partial charge in [-0.2, -0.15) is 18.3 Å². The number of nitro benzene ring substituents is 1. The number of carbonyl (C=O) groups excluding carboxylic acids is 1. The van der Waals surface area contributed by atoms with E-state index in [1.807, 2.05) is 22.6 Å². The van der Waals surface area contributed by atoms with E-state index < -0.39 is 34.7 Å². The summed E-state index contributed by atoms with van der Waals surface area (Å²) in [7, 11) is 0. The summed E-state index contributed by atoms with van der Waals surface area (Å²) in [5, 5.41) is 24.7. The third-order valence-electron chi connectivity index (χ3n) is 3.71. The Labute approximate surface area is 182 Å². The number of ether oxygens (including phenoxy) is 1. The second-order valence-corrected chi connectivity index (χ2v) is 7.01. The highest BCUT2D eigenvalue weighted by Crippen LogP contribution is 2.33. The van der Waals surface area contributed by atoms with Crippen molar-refractivity contribution in [3.8, 4) is 11.5 Å². The Morgan fingerprint density at radius 2 is 2.07 bits per heavy atom. The van der Waals surface area contributed by atoms with Crippen molar-refractivity contribution in [3.05, 3.63) is 60.7 Å². The van der Waals surface area contributed by atoms with Crippen LogP contribution in [-0.2, 0) is 17.4 Å². The number of hydrogen-bond donors (Lipinski definition) is 2. The number of nitrogens with zero attached hydrogens (tertiary/aromatic N) is 2. The van der Waals surface area contributed by atoms with Crippen molar-refractivity contribution < 1.29 is 32.7 Å². The number of alkyl halides is 3. The number of benzene rings is 2. The number of halogens is 4. The van der Waals surface area contributed by atoms with Crippen molar-refractivity contribution in [2.75, 3.05) is 6.61 Å². The highest BCUT2D eigenvalue weighted by atomic mass is 127. The molecule has 0 fully saturated rings. The van der Waals surface area contributed by atoms with Crippen molar-refractivity contribution in [2.45, 2.75) is 19.5 Å². The summed E-state index contributed by atoms with van der Waals surface area (Å²) in [6.07, 6.45) is -4.01. The van der Waals surface area contributed by atoms with Crippen LogP contribution in [0.2, 0.25) is 0 Å². The number of amides is 1. The Kier molecular flexibility index (Phi) is 7.59. The number of hydrazone groups is 1. The van der Waals surface area contributed by atoms with Gasteiger partial charge in [0.2, 0.25) is 5.91 Å². The van der Waals surface area contributed by atoms with Gasteiger partial charge in [0.15, 0.2) is 11.5 Å². The molecule has 0 aliphatic carbocycles. The molecule has 0 saturated heterocycles. The minimum Gasteiger partial charge on any atom is -0.504 e. The Hall–Kier alpha value is -2.90. The van der Waals surface area contributed by atoms with Crippen LogP contribution in [0.15, 0.2) is 35.4 Å². The summed E-state index contributed by atoms with van der Waals surface area (Å²) in [5.41, 5.74) is 0.491. The SMILES string of the molecule is CCOc1cc(C=NNC(=O)Cc2ccc(C(F)(F)F)cc2[N+](=O)[O-])cc(I)c1O. The van der Waals surface area contributed by atoms with E-state index in [0.29, 0.717) is 27.9 Å². The standard InChI is InChI=1S/C18H15F3IN3O5/c1-2-30-15-6-10(5-13(22)17(15)27)9-23-24-16(26)7-11-3-4-12(18(19,20)21)8-14(11)25(28)29/h3-6,8-9,27H,2,7H2,1H3,(H,24,26). The lowest BCUT2D eigenvalue weighted by atomic mass is 10.1. The fourth-order valence-corrected chi connectivity index (χ4v) is 3.01. The van der Waals surface area contributed by atoms with Crippen LogP contribution in [0.4, 0.5) is 18.9 Å². The van der Waals surface area contributed by atoms with Gasteiger partial charge < -0.3 is 9.84 Å². The molecule has 2 rings (SSSR count). The van der Waals surface area contributed by atoms with Gasteiger partial charge in [-0.25, -0.2) is 5.43 Å². The van der Waals surface area contributed by atoms with Gasteiger partial charge in [-0.05, 0) is 53.3 Å². The molecule has 0 bridgehead atoms. The quantitative estimate of drug-likeness (QED) is 0.240. The first-order valence-electron chi connectivity index (χ1n) is 8.34. The Morgan fingerprint density at radius 3 is 2.67 bits per heavy atom. The molecule has 0 radical (unpaired) electrons. The van der Waals surface area contributed by atoms with Crippen LogP contribution in [0, 0.1) is 13.7 Å². The lowest BCUT2D eigenvalue weighted by Crippen LogP contribution is -2.20. The monoisotopic (exact) mass is 537 g/mol. The van der Waals surface area contributed by atoms with Gasteiger partial charge in [-0.1, -0.05) is 6.07 Å². The number of rotatable bonds is 7. The molecule has 1 amide bonds. The Morgan fingerprint density at radius 1 is 1.37 bits per heavy atom. The predicted molar refractivity (Wildman–Crippen MR) is 110 cm³/mol. The molecular formula is C18H15F3IN3O5. The molecule has 160 valence electrons. The number of nitrogens with one attached hydrogen (secondary N) is 1. The van der Waals surface area contributed by atoms with Crippen molar-refractivity contribution in [1.29, 1.82) is 0 Å². The van der Waals surface area contributed by atoms with E-state index in [9.17, 15) is 33.2 Å². The minimum absolute atomic E-state index is 0.0340. The molecule has 0 aliphatic rings. The van der Waals surface area contributed by atoms with E-state index in [2.05, 4.69) is 10.5 Å². The summed E-state index contributed by atoms with van der Waals surface area (Å²) < 4.78 is 44.0. The van der Waals surface area contributed by atoms with Crippen LogP contribution in [0.5, 0.6) is 11.5 Å². The molecule has 0 spiro atoms. The first-order chi connectivity index (χ1) is 14.0. The van der Waals surface area contributed by atoms with Crippen LogP contribution in [0.1, 0.15) is 23.6 Å². The van der Waals surface area contributed by atoms with E-state index in [1.165, 1.54) is 12.3 Å². The lowest BCUT2D eigenvalue weighted by Gasteiger charge is -2.09. The van der Waals surface area contributed by atoms with Gasteiger partial charge in [0.1, 0.15) is 0 Å². The van der Waals surface area contributed by atoms with Gasteiger partial charge in [0.25, 0.3) is 5.69 Å². The van der Waals surface area contributed by atoms with Gasteiger partial charge in [0, 0.05) is 11.6 Å². The van der Waals surface area contributed by atoms with E-state index in [1.54, 1.807) is 13.0 Å². The van der Waals surface area contributed by atoms with E-state index in [4.69, 9.17) is 4.74 Å². The molecule has 0 atom stereocenters. The summed E-state index contributed by atoms with van der Waals surface area (Å²) in [6.45, 7) is 2.07. The van der Waals surface area contributed by atoms with Gasteiger partial charge in [0.05, 0.1) is 33.3 Å². The molecule has 0 heterocycles. The van der Waals surface area contributed by atoms with Crippen molar-refractivity contribution >= 4 is 40.4 Å². The van der Waals surface area contributed by atoms with Gasteiger partial charge in [-0.15, -0.1) is 0 Å². The largest absolute Gasteiger partial charge is 0.504 e. The highest BCUT2D eigenvalue weighted by molar-refractivity contribution is 14.1. The van der Waals surface area contributed by atoms with Crippen molar-refractivity contribution in [2.24, 2.45) is 5.10 Å². The molecule has 2 aromatic rings. The Balaban J connectivity index is 2.12. The van der Waals surface area contributed by atoms with E-state index >= 15 is 0 Å². The molecule has 0 saturated carbocycles. The van der Waals surface area contributed by atoms with Crippen LogP contribution < -0.4 is 10.2 Å². The molecule has 2 N–H and O–H groups in total. The maximum atomic E-state index is 12.7. The zero-order chi connectivity index (χ0) is 22.5. The van der Waals surface area contributed by atoms with Crippen LogP contribution in [0.3, 0.4) is 0 Å². The molecular weight excluding hydrogens is 522 g/mol. The number of nitro groups is 1. The fraction of sp³-hybridized carbons (Fsp3) is 0.222. The molecule has 2 aromatic carbocycles. The van der Waals surface area contributed by atoms with E-state index in [0.717, 1.165) is 6.07 Å². The topological polar surface area (TPSA) is 114 Å². The number of hydrogen-bond acceptors (Lipinski definition) is 6. The van der Waals surface area contributed by atoms with E-state index in [-0.39, 0.29) is 17.1 Å².